The summed E-state index contributed by atoms with van der Waals surface area (Å²) >= 11 is 0. The second kappa shape index (κ2) is 9.37. The van der Waals surface area contributed by atoms with E-state index < -0.39 is 0 Å². The minimum atomic E-state index is 0.451. The molecule has 5 rings (SSSR count). The maximum absolute atomic E-state index is 5.57. The van der Waals surface area contributed by atoms with Gasteiger partial charge in [-0.2, -0.15) is 5.10 Å². The zero-order valence-corrected chi connectivity index (χ0v) is 18.5. The molecule has 1 N–H and O–H groups in total. The molecule has 0 unspecified atom stereocenters. The Balaban J connectivity index is 1.34. The molecule has 164 valence electrons. The van der Waals surface area contributed by atoms with Crippen LogP contribution in [0.15, 0.2) is 42.7 Å². The second-order valence-corrected chi connectivity index (χ2v) is 8.85. The van der Waals surface area contributed by atoms with Gasteiger partial charge in [0.1, 0.15) is 0 Å². The predicted octanol–water partition coefficient (Wildman–Crippen LogP) is 4.42. The van der Waals surface area contributed by atoms with Crippen molar-refractivity contribution in [1.82, 2.24) is 19.7 Å². The third-order valence-electron chi connectivity index (χ3n) is 6.87. The molecule has 31 heavy (non-hydrogen) atoms. The molecule has 3 aromatic rings. The number of anilines is 1. The number of hydrogen-bond acceptors (Lipinski definition) is 5. The van der Waals surface area contributed by atoms with Gasteiger partial charge in [0, 0.05) is 44.1 Å². The van der Waals surface area contributed by atoms with Crippen LogP contribution in [-0.2, 0) is 17.8 Å². The molecule has 0 amide bonds. The number of aryl methyl sites for hydroxylation is 1. The van der Waals surface area contributed by atoms with Crippen molar-refractivity contribution in [3.05, 3.63) is 53.9 Å². The van der Waals surface area contributed by atoms with Crippen molar-refractivity contribution in [2.75, 3.05) is 31.6 Å². The van der Waals surface area contributed by atoms with E-state index >= 15 is 0 Å². The summed E-state index contributed by atoms with van der Waals surface area (Å²) in [5, 5.41) is 9.57. The molecule has 0 atom stereocenters. The van der Waals surface area contributed by atoms with E-state index in [1.165, 1.54) is 29.7 Å². The van der Waals surface area contributed by atoms with Gasteiger partial charge in [-0.3, -0.25) is 4.90 Å². The van der Waals surface area contributed by atoms with E-state index in [4.69, 9.17) is 9.72 Å². The fourth-order valence-electron chi connectivity index (χ4n) is 5.03. The highest BCUT2D eigenvalue weighted by Gasteiger charge is 2.23. The molecule has 1 aromatic carbocycles. The lowest BCUT2D eigenvalue weighted by Crippen LogP contribution is -2.33. The Morgan fingerprint density at radius 3 is 2.55 bits per heavy atom. The van der Waals surface area contributed by atoms with Gasteiger partial charge in [0.15, 0.2) is 5.65 Å². The molecule has 2 aliphatic rings. The van der Waals surface area contributed by atoms with Crippen molar-refractivity contribution in [3.63, 3.8) is 0 Å². The number of rotatable bonds is 6. The average molecular weight is 420 g/mol. The molecule has 0 spiro atoms. The lowest BCUT2D eigenvalue weighted by atomic mass is 9.89. The quantitative estimate of drug-likeness (QED) is 0.641. The second-order valence-electron chi connectivity index (χ2n) is 8.85. The SMILES string of the molecule is CCn1ncc2c(NC3CCOCC3)c(CN3CCC(c4ccccc4)CC3)cnc21. The first-order valence-corrected chi connectivity index (χ1v) is 11.8. The number of piperidine rings is 1. The summed E-state index contributed by atoms with van der Waals surface area (Å²) in [6.07, 6.45) is 8.59. The monoisotopic (exact) mass is 419 g/mol. The van der Waals surface area contributed by atoms with Crippen LogP contribution in [0.5, 0.6) is 0 Å². The number of ether oxygens (including phenoxy) is 1. The molecule has 0 saturated carbocycles. The van der Waals surface area contributed by atoms with Gasteiger partial charge >= 0.3 is 0 Å². The topological polar surface area (TPSA) is 55.2 Å². The highest BCUT2D eigenvalue weighted by Crippen LogP contribution is 2.32. The van der Waals surface area contributed by atoms with Crippen LogP contribution in [0.3, 0.4) is 0 Å². The smallest absolute Gasteiger partial charge is 0.159 e. The molecule has 0 aliphatic carbocycles. The van der Waals surface area contributed by atoms with Gasteiger partial charge < -0.3 is 10.1 Å². The maximum Gasteiger partial charge on any atom is 0.159 e. The molecule has 2 saturated heterocycles. The highest BCUT2D eigenvalue weighted by molar-refractivity contribution is 5.90. The number of fused-ring (bicyclic) bond motifs is 1. The standard InChI is InChI=1S/C25H33N5O/c1-2-30-25-23(17-27-30)24(28-22-10-14-31-15-11-22)21(16-26-25)18-29-12-8-20(9-13-29)19-6-4-3-5-7-19/h3-7,16-17,20,22H,2,8-15,18H2,1H3,(H,26,28). The molecule has 2 aliphatic heterocycles. The summed E-state index contributed by atoms with van der Waals surface area (Å²) in [5.41, 5.74) is 4.97. The summed E-state index contributed by atoms with van der Waals surface area (Å²) in [5.74, 6) is 0.681. The van der Waals surface area contributed by atoms with Crippen LogP contribution in [-0.4, -0.2) is 52.0 Å². The Bertz CT molecular complexity index is 988. The molecule has 2 fully saturated rings. The Hall–Kier alpha value is -2.44. The molecule has 6 nitrogen and oxygen atoms in total. The number of nitrogens with zero attached hydrogens (tertiary/aromatic N) is 4. The number of pyridine rings is 1. The molecule has 2 aromatic heterocycles. The minimum Gasteiger partial charge on any atom is -0.381 e. The Morgan fingerprint density at radius 2 is 1.81 bits per heavy atom. The minimum absolute atomic E-state index is 0.451. The van der Waals surface area contributed by atoms with Crippen LogP contribution in [0, 0.1) is 0 Å². The van der Waals surface area contributed by atoms with Crippen molar-refractivity contribution in [3.8, 4) is 0 Å². The van der Waals surface area contributed by atoms with E-state index in [-0.39, 0.29) is 0 Å². The first-order valence-electron chi connectivity index (χ1n) is 11.8. The van der Waals surface area contributed by atoms with Gasteiger partial charge in [0.2, 0.25) is 0 Å². The van der Waals surface area contributed by atoms with E-state index in [1.54, 1.807) is 0 Å². The number of aromatic nitrogens is 3. The first-order chi connectivity index (χ1) is 15.3. The lowest BCUT2D eigenvalue weighted by molar-refractivity contribution is 0.0904. The Kier molecular flexibility index (Phi) is 6.18. The van der Waals surface area contributed by atoms with Gasteiger partial charge in [-0.05, 0) is 57.2 Å². The Morgan fingerprint density at radius 1 is 1.03 bits per heavy atom. The van der Waals surface area contributed by atoms with Crippen molar-refractivity contribution < 1.29 is 4.74 Å². The van der Waals surface area contributed by atoms with Gasteiger partial charge in [0.05, 0.1) is 17.3 Å². The zero-order valence-electron chi connectivity index (χ0n) is 18.5. The van der Waals surface area contributed by atoms with E-state index in [0.717, 1.165) is 63.3 Å². The zero-order chi connectivity index (χ0) is 21.0. The summed E-state index contributed by atoms with van der Waals surface area (Å²) in [7, 11) is 0. The van der Waals surface area contributed by atoms with E-state index in [9.17, 15) is 0 Å². The van der Waals surface area contributed by atoms with Crippen LogP contribution < -0.4 is 5.32 Å². The van der Waals surface area contributed by atoms with Crippen LogP contribution in [0.1, 0.15) is 49.7 Å². The van der Waals surface area contributed by atoms with Crippen LogP contribution in [0.2, 0.25) is 0 Å². The van der Waals surface area contributed by atoms with Crippen molar-refractivity contribution in [1.29, 1.82) is 0 Å². The van der Waals surface area contributed by atoms with Gasteiger partial charge in [-0.15, -0.1) is 0 Å². The van der Waals surface area contributed by atoms with E-state index in [0.29, 0.717) is 12.0 Å². The predicted molar refractivity (Wildman–Crippen MR) is 124 cm³/mol. The van der Waals surface area contributed by atoms with Gasteiger partial charge in [-0.1, -0.05) is 30.3 Å². The largest absolute Gasteiger partial charge is 0.381 e. The van der Waals surface area contributed by atoms with Crippen LogP contribution in [0.25, 0.3) is 11.0 Å². The lowest BCUT2D eigenvalue weighted by Gasteiger charge is -2.33. The molecular formula is C25H33N5O. The first kappa shape index (κ1) is 20.5. The summed E-state index contributed by atoms with van der Waals surface area (Å²) in [4.78, 5) is 7.39. The molecule has 0 bridgehead atoms. The Labute approximate surface area is 184 Å². The summed E-state index contributed by atoms with van der Waals surface area (Å²) in [6.45, 7) is 7.81. The van der Waals surface area contributed by atoms with Gasteiger partial charge in [0.25, 0.3) is 0 Å². The third-order valence-corrected chi connectivity index (χ3v) is 6.87. The third kappa shape index (κ3) is 4.46. The highest BCUT2D eigenvalue weighted by atomic mass is 16.5. The van der Waals surface area contributed by atoms with Crippen molar-refractivity contribution in [2.45, 2.75) is 57.7 Å². The van der Waals surface area contributed by atoms with Crippen LogP contribution >= 0.6 is 0 Å². The van der Waals surface area contributed by atoms with E-state index in [2.05, 4.69) is 58.8 Å². The van der Waals surface area contributed by atoms with Gasteiger partial charge in [-0.25, -0.2) is 9.67 Å². The number of benzene rings is 1. The average Bonchev–Trinajstić information content (AvgIpc) is 3.26. The fourth-order valence-corrected chi connectivity index (χ4v) is 5.03. The maximum atomic E-state index is 5.57. The molecule has 4 heterocycles. The number of likely N-dealkylation sites (tertiary alicyclic amines) is 1. The van der Waals surface area contributed by atoms with Crippen molar-refractivity contribution >= 4 is 16.7 Å². The van der Waals surface area contributed by atoms with E-state index in [1.807, 2.05) is 10.9 Å². The normalized spacial score (nSPS) is 19.1. The molecule has 6 heteroatoms. The molecular weight excluding hydrogens is 386 g/mol. The summed E-state index contributed by atoms with van der Waals surface area (Å²) in [6, 6.07) is 11.4. The number of hydrogen-bond donors (Lipinski definition) is 1. The fraction of sp³-hybridized carbons (Fsp3) is 0.520. The van der Waals surface area contributed by atoms with Crippen molar-refractivity contribution in [2.24, 2.45) is 0 Å². The van der Waals surface area contributed by atoms with Crippen LogP contribution in [0.4, 0.5) is 5.69 Å². The summed E-state index contributed by atoms with van der Waals surface area (Å²) < 4.78 is 7.55. The molecule has 0 radical (unpaired) electrons. The number of nitrogens with one attached hydrogen (secondary N) is 1.